The van der Waals surface area contributed by atoms with Crippen molar-refractivity contribution < 1.29 is 15.0 Å². The van der Waals surface area contributed by atoms with E-state index in [0.29, 0.717) is 0 Å². The summed E-state index contributed by atoms with van der Waals surface area (Å²) >= 11 is 0. The molecule has 0 aliphatic carbocycles. The Morgan fingerprint density at radius 1 is 1.78 bits per heavy atom. The van der Waals surface area contributed by atoms with E-state index in [1.807, 2.05) is 0 Å². The quantitative estimate of drug-likeness (QED) is 0.230. The van der Waals surface area contributed by atoms with Crippen molar-refractivity contribution in [2.45, 2.75) is 0 Å². The first kappa shape index (κ1) is 7.43. The highest BCUT2D eigenvalue weighted by Gasteiger charge is 2.21. The summed E-state index contributed by atoms with van der Waals surface area (Å²) < 4.78 is 0. The Morgan fingerprint density at radius 2 is 2.22 bits per heavy atom. The van der Waals surface area contributed by atoms with E-state index < -0.39 is 16.2 Å². The summed E-state index contributed by atoms with van der Waals surface area (Å²) in [6.45, 7) is 0. The lowest BCUT2D eigenvalue weighted by molar-refractivity contribution is -0.702. The van der Waals surface area contributed by atoms with Crippen LogP contribution in [0.4, 0.5) is 4.79 Å². The van der Waals surface area contributed by atoms with Crippen LogP contribution in [0, 0.1) is 15.0 Å². The zero-order chi connectivity index (χ0) is 7.44. The van der Waals surface area contributed by atoms with Crippen molar-refractivity contribution in [3.8, 4) is 0 Å². The first-order chi connectivity index (χ1) is 4.09. The van der Waals surface area contributed by atoms with E-state index >= 15 is 0 Å². The summed E-state index contributed by atoms with van der Waals surface area (Å²) in [6.07, 6.45) is 0. The van der Waals surface area contributed by atoms with E-state index in [-0.39, 0.29) is 0 Å². The molecule has 9 heavy (non-hydrogen) atoms. The summed E-state index contributed by atoms with van der Waals surface area (Å²) in [7, 11) is 0. The number of rotatable bonds is 1. The standard InChI is InChI=1S/CHN3O5/c5-1(2-6)3(7)4(8)9/h7H. The summed E-state index contributed by atoms with van der Waals surface area (Å²) in [6, 6.07) is -1.86. The summed E-state index contributed by atoms with van der Waals surface area (Å²) in [5.41, 5.74) is 0. The zero-order valence-electron chi connectivity index (χ0n) is 3.92. The average Bonchev–Trinajstić information content (AvgIpc) is 1.84. The van der Waals surface area contributed by atoms with Gasteiger partial charge < -0.3 is 0 Å². The molecule has 2 amide bonds. The Hall–Kier alpha value is -1.57. The first-order valence-corrected chi connectivity index (χ1v) is 1.60. The number of hydrogen-bond acceptors (Lipinski definition) is 5. The maximum atomic E-state index is 9.71. The Bertz CT molecular complexity index is 152. The SMILES string of the molecule is O=NC(=O)N(O)[N+](=O)[O-]. The molecular weight excluding hydrogens is 134 g/mol. The Labute approximate surface area is 47.7 Å². The van der Waals surface area contributed by atoms with Gasteiger partial charge in [0.15, 0.2) is 5.03 Å². The molecule has 0 saturated heterocycles. The minimum Gasteiger partial charge on any atom is -0.234 e. The van der Waals surface area contributed by atoms with Crippen LogP contribution < -0.4 is 0 Å². The summed E-state index contributed by atoms with van der Waals surface area (Å²) in [4.78, 5) is 28.2. The monoisotopic (exact) mass is 135 g/mol. The van der Waals surface area contributed by atoms with Gasteiger partial charge in [-0.3, -0.25) is 0 Å². The third-order valence-corrected chi connectivity index (χ3v) is 0.404. The normalized spacial score (nSPS) is 8.11. The molecule has 0 aliphatic heterocycles. The minimum atomic E-state index is -1.86. The van der Waals surface area contributed by atoms with E-state index in [9.17, 15) is 14.9 Å². The number of nitro groups is 1. The van der Waals surface area contributed by atoms with Crippen LogP contribution in [-0.2, 0) is 0 Å². The van der Waals surface area contributed by atoms with Gasteiger partial charge in [0.25, 0.3) is 0 Å². The van der Waals surface area contributed by atoms with Gasteiger partial charge in [-0.1, -0.05) is 0 Å². The van der Waals surface area contributed by atoms with Crippen molar-refractivity contribution in [3.63, 3.8) is 0 Å². The highest BCUT2D eigenvalue weighted by atomic mass is 16.8. The number of nitroso groups, excluding NO2 is 1. The van der Waals surface area contributed by atoms with Gasteiger partial charge in [0.2, 0.25) is 0 Å². The molecule has 1 N–H and O–H groups in total. The Kier molecular flexibility index (Phi) is 2.20. The summed E-state index contributed by atoms with van der Waals surface area (Å²) in [5.74, 6) is 0. The zero-order valence-corrected chi connectivity index (χ0v) is 3.92. The van der Waals surface area contributed by atoms with E-state index in [1.54, 1.807) is 5.18 Å². The fourth-order valence-corrected chi connectivity index (χ4v) is 0.106. The molecule has 0 aliphatic rings. The molecule has 8 nitrogen and oxygen atoms in total. The van der Waals surface area contributed by atoms with Crippen molar-refractivity contribution in [1.29, 1.82) is 0 Å². The molecule has 8 heteroatoms. The van der Waals surface area contributed by atoms with Crippen LogP contribution in [0.3, 0.4) is 0 Å². The van der Waals surface area contributed by atoms with Gasteiger partial charge in [0.1, 0.15) is 5.17 Å². The molecule has 0 saturated carbocycles. The molecule has 0 bridgehead atoms. The molecule has 0 heterocycles. The summed E-state index contributed by atoms with van der Waals surface area (Å²) in [5, 5.41) is 16.3. The second-order valence-electron chi connectivity index (χ2n) is 0.901. The fraction of sp³-hybridized carbons (Fsp3) is 0. The third kappa shape index (κ3) is 1.78. The topological polar surface area (TPSA) is 113 Å². The fourth-order valence-electron chi connectivity index (χ4n) is 0.106. The van der Waals surface area contributed by atoms with E-state index in [4.69, 9.17) is 10.1 Å². The van der Waals surface area contributed by atoms with Gasteiger partial charge in [-0.15, -0.1) is 4.91 Å². The van der Waals surface area contributed by atoms with Crippen molar-refractivity contribution in [2.24, 2.45) is 5.18 Å². The number of carbonyl (C=O) groups excluding carboxylic acids is 1. The molecule has 0 fully saturated rings. The predicted octanol–water partition coefficient (Wildman–Crippen LogP) is -0.244. The second-order valence-corrected chi connectivity index (χ2v) is 0.901. The van der Waals surface area contributed by atoms with Crippen molar-refractivity contribution in [1.82, 2.24) is 5.17 Å². The number of carbonyl (C=O) groups is 1. The predicted molar refractivity (Wildman–Crippen MR) is 21.8 cm³/mol. The molecule has 0 radical (unpaired) electrons. The Balaban J connectivity index is 4.03. The minimum absolute atomic E-state index is 1.01. The van der Waals surface area contributed by atoms with Gasteiger partial charge in [-0.05, 0) is 0 Å². The molecule has 0 rings (SSSR count). The number of nitrogens with zero attached hydrogens (tertiary/aromatic N) is 3. The van der Waals surface area contributed by atoms with Crippen LogP contribution in [0.1, 0.15) is 0 Å². The van der Waals surface area contributed by atoms with Gasteiger partial charge in [-0.25, -0.2) is 20.1 Å². The van der Waals surface area contributed by atoms with Gasteiger partial charge in [-0.2, -0.15) is 0 Å². The average molecular weight is 135 g/mol. The van der Waals surface area contributed by atoms with Crippen LogP contribution in [-0.4, -0.2) is 21.4 Å². The Morgan fingerprint density at radius 3 is 2.33 bits per heavy atom. The van der Waals surface area contributed by atoms with Crippen LogP contribution in [0.2, 0.25) is 0 Å². The number of urea groups is 1. The molecular formula is CHN3O5. The van der Waals surface area contributed by atoms with Crippen LogP contribution >= 0.6 is 0 Å². The van der Waals surface area contributed by atoms with E-state index in [0.717, 1.165) is 0 Å². The lowest BCUT2D eigenvalue weighted by atomic mass is 11.1. The molecule has 0 atom stereocenters. The van der Waals surface area contributed by atoms with Crippen LogP contribution in [0.25, 0.3) is 0 Å². The lowest BCUT2D eigenvalue weighted by Gasteiger charge is -1.93. The molecule has 50 valence electrons. The number of hydroxylamine groups is 1. The smallest absolute Gasteiger partial charge is 0.234 e. The van der Waals surface area contributed by atoms with Gasteiger partial charge in [0, 0.05) is 5.18 Å². The van der Waals surface area contributed by atoms with Crippen LogP contribution in [0.5, 0.6) is 0 Å². The number of amides is 2. The largest absolute Gasteiger partial charge is 0.469 e. The highest BCUT2D eigenvalue weighted by molar-refractivity contribution is 5.72. The highest BCUT2D eigenvalue weighted by Crippen LogP contribution is 1.85. The van der Waals surface area contributed by atoms with Crippen molar-refractivity contribution >= 4 is 6.03 Å². The molecule has 0 spiro atoms. The number of hydrogen-bond donors (Lipinski definition) is 1. The van der Waals surface area contributed by atoms with Crippen LogP contribution in [0.15, 0.2) is 5.18 Å². The molecule has 0 aromatic heterocycles. The van der Waals surface area contributed by atoms with E-state index in [1.165, 1.54) is 0 Å². The third-order valence-electron chi connectivity index (χ3n) is 0.404. The van der Waals surface area contributed by atoms with Crippen molar-refractivity contribution in [3.05, 3.63) is 15.0 Å². The molecule has 0 aromatic carbocycles. The lowest BCUT2D eigenvalue weighted by Crippen LogP contribution is -2.29. The van der Waals surface area contributed by atoms with Gasteiger partial charge >= 0.3 is 6.03 Å². The first-order valence-electron chi connectivity index (χ1n) is 1.60. The second kappa shape index (κ2) is 2.67. The molecule has 0 unspecified atom stereocenters. The maximum Gasteiger partial charge on any atom is 0.469 e. The van der Waals surface area contributed by atoms with E-state index in [2.05, 4.69) is 0 Å². The molecule has 0 aromatic rings. The number of hydrazine groups is 1. The van der Waals surface area contributed by atoms with Gasteiger partial charge in [0.05, 0.1) is 0 Å². The maximum absolute atomic E-state index is 9.71. The van der Waals surface area contributed by atoms with Crippen molar-refractivity contribution in [2.75, 3.05) is 0 Å².